The molecule has 0 aliphatic carbocycles. The number of phenolic OH excluding ortho intramolecular Hbond substituents is 3. The van der Waals surface area contributed by atoms with Crippen molar-refractivity contribution in [1.29, 1.82) is 0 Å². The Morgan fingerprint density at radius 2 is 0.875 bits per heavy atom. The molecular formula is C27H43O5+. The third kappa shape index (κ3) is 13.1. The number of Topliss-reactive ketones (excluding diaryl/α,β-unsaturated/α-hetero) is 1. The fourth-order valence-corrected chi connectivity index (χ4v) is 2.35. The van der Waals surface area contributed by atoms with E-state index >= 15 is 0 Å². The number of hydrogen-bond acceptors (Lipinski definition) is 4. The summed E-state index contributed by atoms with van der Waals surface area (Å²) in [5.41, 5.74) is 2.10. The minimum Gasteiger partial charge on any atom is -0.508 e. The number of phenols is 3. The van der Waals surface area contributed by atoms with Gasteiger partial charge in [0, 0.05) is 5.41 Å². The van der Waals surface area contributed by atoms with Gasteiger partial charge in [-0.05, 0) is 61.4 Å². The zero-order valence-corrected chi connectivity index (χ0v) is 17.3. The molecule has 32 heavy (non-hydrogen) atoms. The Kier molecular flexibility index (Phi) is 19.6. The Morgan fingerprint density at radius 1 is 0.625 bits per heavy atom. The molecule has 0 saturated carbocycles. The minimum atomic E-state index is -0.151. The first-order valence-corrected chi connectivity index (χ1v) is 8.93. The van der Waals surface area contributed by atoms with E-state index in [9.17, 15) is 15.0 Å². The second-order valence-electron chi connectivity index (χ2n) is 6.96. The van der Waals surface area contributed by atoms with Crippen LogP contribution in [0.25, 0.3) is 0 Å². The smallest absolute Gasteiger partial charge is 0.508 e. The van der Waals surface area contributed by atoms with Gasteiger partial charge < -0.3 is 25.6 Å². The summed E-state index contributed by atoms with van der Waals surface area (Å²) in [6.07, 6.45) is 0. The summed E-state index contributed by atoms with van der Waals surface area (Å²) in [4.78, 5) is 9.44. The van der Waals surface area contributed by atoms with Crippen molar-refractivity contribution < 1.29 is 27.0 Å². The van der Waals surface area contributed by atoms with Crippen molar-refractivity contribution in [2.24, 2.45) is 0 Å². The predicted octanol–water partition coefficient (Wildman–Crippen LogP) is 6.61. The molecule has 0 saturated heterocycles. The van der Waals surface area contributed by atoms with Crippen LogP contribution in [0.1, 0.15) is 62.5 Å². The number of carbonyl (C=O) groups excluding carboxylic acids is 1. The van der Waals surface area contributed by atoms with E-state index in [1.54, 1.807) is 48.5 Å². The van der Waals surface area contributed by atoms with Crippen molar-refractivity contribution >= 4 is 5.78 Å². The van der Waals surface area contributed by atoms with Gasteiger partial charge in [0.2, 0.25) is 0 Å². The summed E-state index contributed by atoms with van der Waals surface area (Å²) in [7, 11) is 0. The lowest BCUT2D eigenvalue weighted by Gasteiger charge is -2.26. The van der Waals surface area contributed by atoms with Crippen LogP contribution in [0.4, 0.5) is 0 Å². The van der Waals surface area contributed by atoms with Crippen LogP contribution >= 0.6 is 0 Å². The van der Waals surface area contributed by atoms with E-state index in [-0.39, 0.29) is 51.9 Å². The Labute approximate surface area is 195 Å². The fraction of sp³-hybridized carbons (Fsp3) is 0.296. The lowest BCUT2D eigenvalue weighted by atomic mass is 9.78. The average molecular weight is 448 g/mol. The summed E-state index contributed by atoms with van der Waals surface area (Å²) in [6, 6.07) is 23.2. The van der Waals surface area contributed by atoms with E-state index in [4.69, 9.17) is 5.11 Å². The predicted molar refractivity (Wildman–Crippen MR) is 138 cm³/mol. The molecule has 0 fully saturated rings. The van der Waals surface area contributed by atoms with E-state index in [2.05, 4.69) is 13.8 Å². The highest BCUT2D eigenvalue weighted by atomic mass is 16.3. The van der Waals surface area contributed by atoms with Crippen molar-refractivity contribution in [2.45, 2.75) is 55.4 Å². The second kappa shape index (κ2) is 17.4. The molecule has 0 amide bonds. The van der Waals surface area contributed by atoms with Gasteiger partial charge in [0.1, 0.15) is 23.0 Å². The van der Waals surface area contributed by atoms with Crippen molar-refractivity contribution in [3.05, 3.63) is 90.0 Å². The Balaban J connectivity index is -0.000000140. The molecule has 0 unspecified atom stereocenters. The highest BCUT2D eigenvalue weighted by Crippen LogP contribution is 2.32. The molecule has 5 nitrogen and oxygen atoms in total. The van der Waals surface area contributed by atoms with Crippen LogP contribution in [0.2, 0.25) is 0 Å². The third-order valence-corrected chi connectivity index (χ3v) is 3.93. The van der Waals surface area contributed by atoms with Gasteiger partial charge in [-0.3, -0.25) is 0 Å². The van der Waals surface area contributed by atoms with Gasteiger partial charge >= 0.3 is 1.43 Å². The van der Waals surface area contributed by atoms with Gasteiger partial charge in [0.05, 0.1) is 0 Å². The van der Waals surface area contributed by atoms with Crippen LogP contribution in [-0.4, -0.2) is 26.6 Å². The highest BCUT2D eigenvalue weighted by Gasteiger charge is 2.22. The van der Waals surface area contributed by atoms with Gasteiger partial charge in [-0.1, -0.05) is 78.6 Å². The number of carbonyl (C=O) groups is 1. The maximum Gasteiger partial charge on any atom is 1.00 e. The molecule has 0 atom stereocenters. The first kappa shape index (κ1) is 36.1. The normalized spacial score (nSPS) is 8.75. The highest BCUT2D eigenvalue weighted by molar-refractivity contribution is 5.72. The minimum absolute atomic E-state index is 0. The van der Waals surface area contributed by atoms with E-state index in [1.807, 2.05) is 30.3 Å². The SMILES string of the molecule is C.C.C.CC(C)(c1ccc(O)cc1)c1ccc(O)cc1.CC(C)=O.O.Oc1ccccc1.[H+]. The maximum absolute atomic E-state index is 9.44. The second-order valence-corrected chi connectivity index (χ2v) is 6.96. The Bertz CT molecular complexity index is 794. The first-order valence-electron chi connectivity index (χ1n) is 8.93. The summed E-state index contributed by atoms with van der Waals surface area (Å²) >= 11 is 0. The van der Waals surface area contributed by atoms with Gasteiger partial charge in [0.15, 0.2) is 0 Å². The summed E-state index contributed by atoms with van der Waals surface area (Å²) in [5.74, 6) is 1.04. The van der Waals surface area contributed by atoms with E-state index < -0.39 is 0 Å². The van der Waals surface area contributed by atoms with Gasteiger partial charge in [-0.15, -0.1) is 0 Å². The summed E-state index contributed by atoms with van der Waals surface area (Å²) in [6.45, 7) is 7.29. The molecule has 0 heterocycles. The Morgan fingerprint density at radius 3 is 1.09 bits per heavy atom. The molecule has 180 valence electrons. The monoisotopic (exact) mass is 447 g/mol. The number of ketones is 1. The van der Waals surface area contributed by atoms with Gasteiger partial charge in [-0.2, -0.15) is 0 Å². The molecular weight excluding hydrogens is 404 g/mol. The molecule has 0 bridgehead atoms. The number of aromatic hydroxyl groups is 3. The van der Waals surface area contributed by atoms with Crippen LogP contribution in [-0.2, 0) is 10.2 Å². The fourth-order valence-electron chi connectivity index (χ4n) is 2.35. The molecule has 0 radical (unpaired) electrons. The number of hydrogen-bond donors (Lipinski definition) is 3. The van der Waals surface area contributed by atoms with Crippen LogP contribution in [0.15, 0.2) is 78.9 Å². The van der Waals surface area contributed by atoms with Crippen LogP contribution in [0.5, 0.6) is 17.2 Å². The van der Waals surface area contributed by atoms with Crippen molar-refractivity contribution in [2.75, 3.05) is 0 Å². The van der Waals surface area contributed by atoms with Crippen molar-refractivity contribution in [3.63, 3.8) is 0 Å². The van der Waals surface area contributed by atoms with Crippen LogP contribution in [0.3, 0.4) is 0 Å². The zero-order chi connectivity index (χ0) is 21.2. The largest absolute Gasteiger partial charge is 1.00 e. The molecule has 0 aromatic heterocycles. The third-order valence-electron chi connectivity index (χ3n) is 3.93. The van der Waals surface area contributed by atoms with Crippen LogP contribution in [0, 0.1) is 0 Å². The van der Waals surface area contributed by atoms with E-state index in [1.165, 1.54) is 13.8 Å². The molecule has 3 rings (SSSR count). The van der Waals surface area contributed by atoms with Crippen LogP contribution < -0.4 is 0 Å². The Hall–Kier alpha value is -3.31. The number of benzene rings is 3. The molecule has 0 aliphatic rings. The van der Waals surface area contributed by atoms with E-state index in [0.717, 1.165) is 11.1 Å². The topological polar surface area (TPSA) is 109 Å². The van der Waals surface area contributed by atoms with E-state index in [0.29, 0.717) is 5.75 Å². The molecule has 5 heteroatoms. The molecule has 0 spiro atoms. The molecule has 3 aromatic carbocycles. The quantitative estimate of drug-likeness (QED) is 0.410. The molecule has 5 N–H and O–H groups in total. The maximum atomic E-state index is 9.44. The lowest BCUT2D eigenvalue weighted by Crippen LogP contribution is -2.18. The standard InChI is InChI=1S/C15H16O2.C6H6O.C3H6O.3CH4.H2O/c1-15(2,11-3-7-13(16)8-4-11)12-5-9-14(17)10-6-12;7-6-4-2-1-3-5-6;1-3(2)4;;;;/h3-10,16-17H,1-2H3;1-5,7H;1-2H3;3*1H4;1H2/p+1. The average Bonchev–Trinajstić information content (AvgIpc) is 2.63. The van der Waals surface area contributed by atoms with Crippen molar-refractivity contribution in [1.82, 2.24) is 0 Å². The lowest BCUT2D eigenvalue weighted by molar-refractivity contribution is -0.115. The molecule has 3 aromatic rings. The van der Waals surface area contributed by atoms with Gasteiger partial charge in [-0.25, -0.2) is 0 Å². The number of rotatable bonds is 2. The first-order chi connectivity index (χ1) is 13.1. The van der Waals surface area contributed by atoms with Crippen molar-refractivity contribution in [3.8, 4) is 17.2 Å². The molecule has 0 aliphatic heterocycles. The zero-order valence-electron chi connectivity index (χ0n) is 18.3. The number of para-hydroxylation sites is 1. The van der Waals surface area contributed by atoms with Gasteiger partial charge in [0.25, 0.3) is 0 Å². The summed E-state index contributed by atoms with van der Waals surface area (Å²) in [5, 5.41) is 27.2. The summed E-state index contributed by atoms with van der Waals surface area (Å²) < 4.78 is 0.